The van der Waals surface area contributed by atoms with Gasteiger partial charge in [-0.15, -0.1) is 11.3 Å². The monoisotopic (exact) mass is 280 g/mol. The van der Waals surface area contributed by atoms with E-state index in [2.05, 4.69) is 43.5 Å². The zero-order valence-electron chi connectivity index (χ0n) is 10.5. The lowest BCUT2D eigenvalue weighted by Crippen LogP contribution is -2.30. The van der Waals surface area contributed by atoms with Gasteiger partial charge >= 0.3 is 0 Å². The molecule has 1 heterocycles. The van der Waals surface area contributed by atoms with Crippen molar-refractivity contribution in [2.24, 2.45) is 5.84 Å². The summed E-state index contributed by atoms with van der Waals surface area (Å²) in [6, 6.07) is 10.6. The number of nitrogens with one attached hydrogen (secondary N) is 1. The Morgan fingerprint density at radius 1 is 1.28 bits per heavy atom. The van der Waals surface area contributed by atoms with Crippen LogP contribution in [-0.4, -0.2) is 0 Å². The summed E-state index contributed by atoms with van der Waals surface area (Å²) in [4.78, 5) is 1.24. The molecule has 1 unspecified atom stereocenters. The number of thiophene rings is 1. The maximum Gasteiger partial charge on any atom is 0.0931 e. The van der Waals surface area contributed by atoms with Gasteiger partial charge in [0, 0.05) is 11.3 Å². The Morgan fingerprint density at radius 3 is 2.67 bits per heavy atom. The van der Waals surface area contributed by atoms with Crippen molar-refractivity contribution in [3.05, 3.63) is 56.2 Å². The van der Waals surface area contributed by atoms with E-state index in [1.54, 1.807) is 11.3 Å². The number of halogens is 1. The van der Waals surface area contributed by atoms with Gasteiger partial charge < -0.3 is 0 Å². The number of hydrogen-bond donors (Lipinski definition) is 2. The van der Waals surface area contributed by atoms with Gasteiger partial charge in [0.2, 0.25) is 0 Å². The van der Waals surface area contributed by atoms with Crippen LogP contribution in [0.15, 0.2) is 30.3 Å². The third-order valence-electron chi connectivity index (χ3n) is 3.05. The summed E-state index contributed by atoms with van der Waals surface area (Å²) in [6.07, 6.45) is 0.859. The molecule has 0 bridgehead atoms. The summed E-state index contributed by atoms with van der Waals surface area (Å²) in [6.45, 7) is 4.21. The second kappa shape index (κ2) is 5.85. The van der Waals surface area contributed by atoms with Gasteiger partial charge in [0.15, 0.2) is 0 Å². The second-order valence-corrected chi connectivity index (χ2v) is 6.29. The van der Waals surface area contributed by atoms with Crippen molar-refractivity contribution in [1.29, 1.82) is 0 Å². The van der Waals surface area contributed by atoms with E-state index in [0.717, 1.165) is 10.8 Å². The highest BCUT2D eigenvalue weighted by Crippen LogP contribution is 2.28. The molecular formula is C14H17ClN2S. The van der Waals surface area contributed by atoms with E-state index in [0.29, 0.717) is 0 Å². The van der Waals surface area contributed by atoms with Crippen LogP contribution in [0.1, 0.15) is 27.6 Å². The molecule has 0 spiro atoms. The third kappa shape index (κ3) is 3.12. The van der Waals surface area contributed by atoms with Crippen LogP contribution in [0.2, 0.25) is 4.34 Å². The number of hydrogen-bond acceptors (Lipinski definition) is 3. The molecule has 0 aliphatic rings. The lowest BCUT2D eigenvalue weighted by molar-refractivity contribution is 0.552. The van der Waals surface area contributed by atoms with Gasteiger partial charge in [-0.2, -0.15) is 0 Å². The maximum absolute atomic E-state index is 5.96. The largest absolute Gasteiger partial charge is 0.271 e. The Hall–Kier alpha value is -0.870. The minimum Gasteiger partial charge on any atom is -0.271 e. The molecule has 96 valence electrons. The molecule has 0 radical (unpaired) electrons. The molecule has 2 nitrogen and oxygen atoms in total. The normalized spacial score (nSPS) is 12.7. The number of aryl methyl sites for hydroxylation is 2. The first-order chi connectivity index (χ1) is 8.60. The van der Waals surface area contributed by atoms with E-state index in [-0.39, 0.29) is 6.04 Å². The zero-order chi connectivity index (χ0) is 13.1. The van der Waals surface area contributed by atoms with E-state index in [1.165, 1.54) is 21.6 Å². The molecule has 0 amide bonds. The Balaban J connectivity index is 2.25. The van der Waals surface area contributed by atoms with Crippen molar-refractivity contribution in [2.75, 3.05) is 0 Å². The van der Waals surface area contributed by atoms with Gasteiger partial charge in [-0.1, -0.05) is 35.4 Å². The van der Waals surface area contributed by atoms with Gasteiger partial charge in [0.05, 0.1) is 10.4 Å². The molecule has 1 aromatic carbocycles. The first kappa shape index (κ1) is 13.6. The van der Waals surface area contributed by atoms with Crippen LogP contribution >= 0.6 is 22.9 Å². The number of hydrazine groups is 1. The molecular weight excluding hydrogens is 264 g/mol. The Bertz CT molecular complexity index is 536. The number of nitrogens with two attached hydrogens (primary N) is 1. The van der Waals surface area contributed by atoms with Gasteiger partial charge in [-0.25, -0.2) is 0 Å². The fraction of sp³-hybridized carbons (Fsp3) is 0.286. The zero-order valence-corrected chi connectivity index (χ0v) is 12.1. The molecule has 1 atom stereocenters. The van der Waals surface area contributed by atoms with Crippen LogP contribution < -0.4 is 11.3 Å². The van der Waals surface area contributed by atoms with Crippen LogP contribution in [0.5, 0.6) is 0 Å². The van der Waals surface area contributed by atoms with Gasteiger partial charge in [-0.3, -0.25) is 11.3 Å². The predicted molar refractivity (Wildman–Crippen MR) is 79.0 cm³/mol. The molecule has 3 N–H and O–H groups in total. The Labute approximate surface area is 117 Å². The number of benzene rings is 1. The van der Waals surface area contributed by atoms with Gasteiger partial charge in [0.1, 0.15) is 0 Å². The summed E-state index contributed by atoms with van der Waals surface area (Å²) in [5, 5.41) is 0. The highest BCUT2D eigenvalue weighted by molar-refractivity contribution is 7.16. The lowest BCUT2D eigenvalue weighted by Gasteiger charge is -2.18. The van der Waals surface area contributed by atoms with Crippen molar-refractivity contribution in [3.63, 3.8) is 0 Å². The second-order valence-electron chi connectivity index (χ2n) is 4.49. The summed E-state index contributed by atoms with van der Waals surface area (Å²) >= 11 is 7.56. The fourth-order valence-electron chi connectivity index (χ4n) is 2.06. The standard InChI is InChI=1S/C14H17ClN2S/c1-9-3-4-10(2)12(7-9)13(17-16)8-11-5-6-14(15)18-11/h3-7,13,17H,8,16H2,1-2H3. The molecule has 0 aliphatic carbocycles. The predicted octanol–water partition coefficient (Wildman–Crippen LogP) is 3.77. The molecule has 0 aliphatic heterocycles. The summed E-state index contributed by atoms with van der Waals surface area (Å²) in [7, 11) is 0. The van der Waals surface area contributed by atoms with E-state index in [9.17, 15) is 0 Å². The van der Waals surface area contributed by atoms with Crippen LogP contribution in [0, 0.1) is 13.8 Å². The summed E-state index contributed by atoms with van der Waals surface area (Å²) in [5.41, 5.74) is 6.67. The first-order valence-electron chi connectivity index (χ1n) is 5.87. The van der Waals surface area contributed by atoms with Gasteiger partial charge in [-0.05, 0) is 37.1 Å². The van der Waals surface area contributed by atoms with E-state index >= 15 is 0 Å². The quantitative estimate of drug-likeness (QED) is 0.661. The van der Waals surface area contributed by atoms with Crippen molar-refractivity contribution in [2.45, 2.75) is 26.3 Å². The number of rotatable bonds is 4. The molecule has 4 heteroatoms. The fourth-order valence-corrected chi connectivity index (χ4v) is 3.19. The highest BCUT2D eigenvalue weighted by Gasteiger charge is 2.14. The van der Waals surface area contributed by atoms with Crippen molar-refractivity contribution in [1.82, 2.24) is 5.43 Å². The molecule has 18 heavy (non-hydrogen) atoms. The van der Waals surface area contributed by atoms with Crippen molar-refractivity contribution >= 4 is 22.9 Å². The van der Waals surface area contributed by atoms with E-state index in [4.69, 9.17) is 17.4 Å². The molecule has 2 aromatic rings. The average molecular weight is 281 g/mol. The molecule has 0 fully saturated rings. The smallest absolute Gasteiger partial charge is 0.0931 e. The topological polar surface area (TPSA) is 38.0 Å². The SMILES string of the molecule is Cc1ccc(C)c(C(Cc2ccc(Cl)s2)NN)c1. The van der Waals surface area contributed by atoms with E-state index in [1.807, 2.05) is 6.07 Å². The van der Waals surface area contributed by atoms with Crippen LogP contribution in [0.4, 0.5) is 0 Å². The Morgan fingerprint density at radius 2 is 2.06 bits per heavy atom. The lowest BCUT2D eigenvalue weighted by atomic mass is 9.97. The van der Waals surface area contributed by atoms with Crippen LogP contribution in [0.3, 0.4) is 0 Å². The molecule has 2 rings (SSSR count). The average Bonchev–Trinajstić information content (AvgIpc) is 2.75. The van der Waals surface area contributed by atoms with E-state index < -0.39 is 0 Å². The van der Waals surface area contributed by atoms with Crippen molar-refractivity contribution < 1.29 is 0 Å². The van der Waals surface area contributed by atoms with Crippen LogP contribution in [-0.2, 0) is 6.42 Å². The highest BCUT2D eigenvalue weighted by atomic mass is 35.5. The third-order valence-corrected chi connectivity index (χ3v) is 4.30. The minimum absolute atomic E-state index is 0.125. The van der Waals surface area contributed by atoms with Gasteiger partial charge in [0.25, 0.3) is 0 Å². The molecule has 0 saturated carbocycles. The first-order valence-corrected chi connectivity index (χ1v) is 7.07. The Kier molecular flexibility index (Phi) is 4.40. The molecule has 0 saturated heterocycles. The molecule has 1 aromatic heterocycles. The minimum atomic E-state index is 0.125. The summed E-state index contributed by atoms with van der Waals surface area (Å²) < 4.78 is 0.821. The maximum atomic E-state index is 5.96. The summed E-state index contributed by atoms with van der Waals surface area (Å²) in [5.74, 6) is 5.70. The van der Waals surface area contributed by atoms with Crippen LogP contribution in [0.25, 0.3) is 0 Å². The van der Waals surface area contributed by atoms with Crippen molar-refractivity contribution in [3.8, 4) is 0 Å².